The Morgan fingerprint density at radius 3 is 2.35 bits per heavy atom. The Morgan fingerprint density at radius 2 is 1.65 bits per heavy atom. The van der Waals surface area contributed by atoms with Crippen LogP contribution in [0.5, 0.6) is 0 Å². The fourth-order valence-corrected chi connectivity index (χ4v) is 3.22. The Balaban J connectivity index is 2.56. The molecule has 118 valence electrons. The summed E-state index contributed by atoms with van der Waals surface area (Å²) in [6, 6.07) is 8.12. The third-order valence-electron chi connectivity index (χ3n) is 4.77. The molecule has 2 heteroatoms. The number of pyridine rings is 1. The van der Waals surface area contributed by atoms with Gasteiger partial charge in [-0.25, -0.2) is 4.39 Å². The van der Waals surface area contributed by atoms with Crippen LogP contribution in [-0.2, 0) is 7.05 Å². The van der Waals surface area contributed by atoms with Crippen molar-refractivity contribution in [1.29, 1.82) is 0 Å². The van der Waals surface area contributed by atoms with Crippen LogP contribution in [0.1, 0.15) is 29.3 Å². The summed E-state index contributed by atoms with van der Waals surface area (Å²) in [6.45, 7) is 10.0. The average Bonchev–Trinajstić information content (AvgIpc) is 2.52. The van der Waals surface area contributed by atoms with E-state index in [1.165, 1.54) is 22.8 Å². The minimum absolute atomic E-state index is 0.257. The molecule has 2 aromatic carbocycles. The van der Waals surface area contributed by atoms with Crippen molar-refractivity contribution in [2.45, 2.75) is 34.6 Å². The van der Waals surface area contributed by atoms with Gasteiger partial charge < -0.3 is 0 Å². The lowest BCUT2D eigenvalue weighted by molar-refractivity contribution is -0.665. The molecule has 0 aliphatic rings. The Hall–Kier alpha value is -2.22. The zero-order valence-corrected chi connectivity index (χ0v) is 14.6. The maximum Gasteiger partial charge on any atom is 0.220 e. The van der Waals surface area contributed by atoms with Crippen LogP contribution >= 0.6 is 0 Å². The monoisotopic (exact) mass is 309 g/mol. The number of nitrogens with zero attached hydrogens (tertiary/aromatic N) is 1. The average molecular weight is 309 g/mol. The van der Waals surface area contributed by atoms with Crippen LogP contribution in [0, 0.1) is 40.4 Å². The molecule has 0 radical (unpaired) electrons. The topological polar surface area (TPSA) is 3.88 Å². The summed E-state index contributed by atoms with van der Waals surface area (Å²) in [5.74, 6) is -0.257. The number of hydrogen-bond donors (Lipinski definition) is 0. The first-order valence-corrected chi connectivity index (χ1v) is 7.89. The quantitative estimate of drug-likeness (QED) is 0.556. The van der Waals surface area contributed by atoms with Crippen LogP contribution in [0.15, 0.2) is 30.3 Å². The largest absolute Gasteiger partial charge is 0.220 e. The third-order valence-corrected chi connectivity index (χ3v) is 4.77. The van der Waals surface area contributed by atoms with Crippen LogP contribution in [0.3, 0.4) is 0 Å². The molecule has 0 spiro atoms. The van der Waals surface area contributed by atoms with Gasteiger partial charge in [0.1, 0.15) is 12.9 Å². The first kappa shape index (κ1) is 14.4. The molecule has 0 bridgehead atoms. The molecule has 3 rings (SSSR count). The Kier molecular flexibility index (Phi) is 3.41. The van der Waals surface area contributed by atoms with E-state index in [9.17, 15) is 4.39 Å². The van der Waals surface area contributed by atoms with E-state index in [-0.39, 0.29) is 5.82 Å². The minimum Gasteiger partial charge on any atom is -0.207 e. The molecule has 0 unspecified atom stereocenters. The van der Waals surface area contributed by atoms with Gasteiger partial charge in [0.2, 0.25) is 5.69 Å². The van der Waals surface area contributed by atoms with Gasteiger partial charge in [-0.05, 0) is 68.0 Å². The van der Waals surface area contributed by atoms with Crippen LogP contribution in [0.25, 0.3) is 22.0 Å². The number of aryl methyl sites for hydroxylation is 3. The second-order valence-corrected chi connectivity index (χ2v) is 6.52. The molecule has 0 aliphatic carbocycles. The smallest absolute Gasteiger partial charge is 0.207 e. The van der Waals surface area contributed by atoms with Gasteiger partial charge >= 0.3 is 0 Å². The van der Waals surface area contributed by atoms with Crippen molar-refractivity contribution in [2.75, 3.05) is 0 Å². The number of rotatable bonds is 1. The third kappa shape index (κ3) is 2.52. The zero-order valence-electron chi connectivity index (χ0n) is 15.6. The highest BCUT2D eigenvalue weighted by Crippen LogP contribution is 2.32. The number of fused-ring (bicyclic) bond motifs is 1. The second kappa shape index (κ2) is 5.45. The van der Waals surface area contributed by atoms with Gasteiger partial charge in [0.25, 0.3) is 0 Å². The van der Waals surface area contributed by atoms with Crippen molar-refractivity contribution in [3.05, 3.63) is 64.1 Å². The Morgan fingerprint density at radius 1 is 0.957 bits per heavy atom. The standard InChI is InChI=1S/C21H23FN/c1-12-7-13(2)16(5)18(8-12)21-19-9-14(3)20(22)11-17(19)10-15(4)23(21)6/h7-11H,1-6H3/q+1/i10D. The molecule has 1 aromatic heterocycles. The summed E-state index contributed by atoms with van der Waals surface area (Å²) in [5, 5.41) is 1.60. The molecule has 0 saturated heterocycles. The van der Waals surface area contributed by atoms with E-state index in [0.29, 0.717) is 17.0 Å². The lowest BCUT2D eigenvalue weighted by Gasteiger charge is -2.13. The number of aromatic nitrogens is 1. The summed E-state index contributed by atoms with van der Waals surface area (Å²) < 4.78 is 24.6. The number of hydrogen-bond acceptors (Lipinski definition) is 0. The molecular formula is C21H23FN+. The molecule has 3 aromatic rings. The molecule has 1 nitrogen and oxygen atoms in total. The second-order valence-electron chi connectivity index (χ2n) is 6.52. The van der Waals surface area contributed by atoms with E-state index in [1.54, 1.807) is 6.92 Å². The molecule has 0 fully saturated rings. The van der Waals surface area contributed by atoms with Crippen molar-refractivity contribution in [2.24, 2.45) is 7.05 Å². The van der Waals surface area contributed by atoms with Crippen molar-refractivity contribution >= 4 is 10.8 Å². The van der Waals surface area contributed by atoms with E-state index >= 15 is 0 Å². The van der Waals surface area contributed by atoms with Gasteiger partial charge in [-0.2, -0.15) is 4.57 Å². The molecule has 0 N–H and O–H groups in total. The van der Waals surface area contributed by atoms with Crippen molar-refractivity contribution < 1.29 is 10.3 Å². The lowest BCUT2D eigenvalue weighted by Crippen LogP contribution is -2.35. The predicted octanol–water partition coefficient (Wildman–Crippen LogP) is 5.01. The van der Waals surface area contributed by atoms with Crippen LogP contribution in [0.4, 0.5) is 4.39 Å². The van der Waals surface area contributed by atoms with Gasteiger partial charge in [0, 0.05) is 13.0 Å². The van der Waals surface area contributed by atoms with E-state index < -0.39 is 0 Å². The lowest BCUT2D eigenvalue weighted by atomic mass is 9.93. The highest BCUT2D eigenvalue weighted by molar-refractivity contribution is 5.94. The van der Waals surface area contributed by atoms with Gasteiger partial charge in [0.05, 0.1) is 12.3 Å². The molecule has 1 heterocycles. The molecule has 23 heavy (non-hydrogen) atoms. The van der Waals surface area contributed by atoms with Crippen LogP contribution < -0.4 is 4.57 Å². The van der Waals surface area contributed by atoms with Gasteiger partial charge in [-0.15, -0.1) is 0 Å². The number of benzene rings is 2. The molecule has 0 atom stereocenters. The molecule has 0 amide bonds. The summed E-state index contributed by atoms with van der Waals surface area (Å²) in [6.07, 6.45) is 0. The fraction of sp³-hybridized carbons (Fsp3) is 0.286. The van der Waals surface area contributed by atoms with Crippen molar-refractivity contribution in [3.8, 4) is 11.3 Å². The normalized spacial score (nSPS) is 11.9. The first-order valence-electron chi connectivity index (χ1n) is 8.39. The van der Waals surface area contributed by atoms with Crippen molar-refractivity contribution in [1.82, 2.24) is 0 Å². The van der Waals surface area contributed by atoms with E-state index in [0.717, 1.165) is 22.3 Å². The summed E-state index contributed by atoms with van der Waals surface area (Å²) >= 11 is 0. The molecular weight excluding hydrogens is 285 g/mol. The van der Waals surface area contributed by atoms with E-state index in [4.69, 9.17) is 1.37 Å². The Labute approximate surface area is 138 Å². The van der Waals surface area contributed by atoms with Crippen LogP contribution in [0.2, 0.25) is 0 Å². The zero-order chi connectivity index (χ0) is 17.8. The first-order chi connectivity index (χ1) is 11.2. The highest BCUT2D eigenvalue weighted by Gasteiger charge is 2.21. The van der Waals surface area contributed by atoms with Gasteiger partial charge in [-0.1, -0.05) is 11.6 Å². The van der Waals surface area contributed by atoms with Crippen LogP contribution in [-0.4, -0.2) is 0 Å². The summed E-state index contributed by atoms with van der Waals surface area (Å²) in [5.41, 5.74) is 7.29. The van der Waals surface area contributed by atoms with Gasteiger partial charge in [-0.3, -0.25) is 0 Å². The van der Waals surface area contributed by atoms with Crippen molar-refractivity contribution in [3.63, 3.8) is 0 Å². The maximum atomic E-state index is 14.1. The summed E-state index contributed by atoms with van der Waals surface area (Å²) in [4.78, 5) is 0. The molecule has 0 saturated carbocycles. The Bertz CT molecular complexity index is 990. The van der Waals surface area contributed by atoms with E-state index in [1.807, 2.05) is 20.0 Å². The summed E-state index contributed by atoms with van der Waals surface area (Å²) in [7, 11) is 1.98. The molecule has 0 aliphatic heterocycles. The maximum absolute atomic E-state index is 14.1. The predicted molar refractivity (Wildman–Crippen MR) is 94.2 cm³/mol. The fourth-order valence-electron chi connectivity index (χ4n) is 3.22. The van der Waals surface area contributed by atoms with Gasteiger partial charge in [0.15, 0.2) is 5.69 Å². The number of halogens is 1. The highest BCUT2D eigenvalue weighted by atomic mass is 19.1. The SMILES string of the molecule is [2H]c1c(C)[n+](C)c(-c2cc(C)cc(C)c2C)c2cc(C)c(F)cc12. The van der Waals surface area contributed by atoms with E-state index in [2.05, 4.69) is 37.5 Å². The minimum atomic E-state index is -0.257.